The number of hydrogen-bond donors (Lipinski definition) is 0. The molecule has 0 aliphatic rings. The van der Waals surface area contributed by atoms with Gasteiger partial charge in [0.25, 0.3) is 0 Å². The third-order valence-corrected chi connectivity index (χ3v) is 3.06. The molecule has 88 valence electrons. The van der Waals surface area contributed by atoms with Gasteiger partial charge >= 0.3 is 6.18 Å². The summed E-state index contributed by atoms with van der Waals surface area (Å²) >= 11 is 0. The highest BCUT2D eigenvalue weighted by Crippen LogP contribution is 2.33. The van der Waals surface area contributed by atoms with Gasteiger partial charge in [-0.05, 0) is 24.1 Å². The minimum Gasteiger partial charge on any atom is -0.166 e. The van der Waals surface area contributed by atoms with Gasteiger partial charge in [0.15, 0.2) is 0 Å². The van der Waals surface area contributed by atoms with E-state index in [4.69, 9.17) is 0 Å². The third kappa shape index (κ3) is 2.46. The lowest BCUT2D eigenvalue weighted by atomic mass is 9.80. The van der Waals surface area contributed by atoms with Crippen molar-refractivity contribution in [1.82, 2.24) is 0 Å². The van der Waals surface area contributed by atoms with Crippen LogP contribution >= 0.6 is 0 Å². The average molecular weight is 228 g/mol. The summed E-state index contributed by atoms with van der Waals surface area (Å²) < 4.78 is 37.1. The maximum Gasteiger partial charge on any atom is 0.416 e. The smallest absolute Gasteiger partial charge is 0.166 e. The summed E-state index contributed by atoms with van der Waals surface area (Å²) in [6, 6.07) is 5.28. The molecule has 0 unspecified atom stereocenters. The van der Waals surface area contributed by atoms with Crippen molar-refractivity contribution in [3.8, 4) is 0 Å². The second kappa shape index (κ2) is 4.32. The molecule has 1 aromatic carbocycles. The van der Waals surface area contributed by atoms with Gasteiger partial charge in [-0.3, -0.25) is 0 Å². The fourth-order valence-corrected chi connectivity index (χ4v) is 1.51. The van der Waals surface area contributed by atoms with Gasteiger partial charge in [0.1, 0.15) is 0 Å². The number of allylic oxidation sites excluding steroid dienone is 1. The van der Waals surface area contributed by atoms with Gasteiger partial charge in [-0.2, -0.15) is 13.2 Å². The summed E-state index contributed by atoms with van der Waals surface area (Å²) in [6.45, 7) is 7.68. The highest BCUT2D eigenvalue weighted by atomic mass is 19.4. The molecule has 0 nitrogen and oxygen atoms in total. The van der Waals surface area contributed by atoms with Crippen LogP contribution in [-0.4, -0.2) is 0 Å². The van der Waals surface area contributed by atoms with E-state index in [2.05, 4.69) is 6.58 Å². The van der Waals surface area contributed by atoms with Crippen molar-refractivity contribution in [1.29, 1.82) is 0 Å². The molecule has 0 N–H and O–H groups in total. The van der Waals surface area contributed by atoms with Crippen molar-refractivity contribution in [2.75, 3.05) is 0 Å². The fourth-order valence-electron chi connectivity index (χ4n) is 1.51. The van der Waals surface area contributed by atoms with Crippen molar-refractivity contribution < 1.29 is 13.2 Å². The first-order valence-electron chi connectivity index (χ1n) is 5.15. The van der Waals surface area contributed by atoms with E-state index < -0.39 is 11.7 Å². The van der Waals surface area contributed by atoms with Gasteiger partial charge in [-0.25, -0.2) is 0 Å². The summed E-state index contributed by atoms with van der Waals surface area (Å²) in [5, 5.41) is 0. The van der Waals surface area contributed by atoms with E-state index >= 15 is 0 Å². The minimum absolute atomic E-state index is 0.260. The lowest BCUT2D eigenvalue weighted by molar-refractivity contribution is -0.137. The topological polar surface area (TPSA) is 0 Å². The Balaban J connectivity index is 3.08. The highest BCUT2D eigenvalue weighted by Gasteiger charge is 2.30. The third-order valence-electron chi connectivity index (χ3n) is 3.06. The molecule has 0 radical (unpaired) electrons. The van der Waals surface area contributed by atoms with Crippen LogP contribution in [0.3, 0.4) is 0 Å². The standard InChI is InChI=1S/C13H15F3/c1-4-12(3,5-2)10-6-8-11(9-7-10)13(14,15)16/h4,6-9H,1,5H2,2-3H3/t12-/m0/s1. The van der Waals surface area contributed by atoms with E-state index in [9.17, 15) is 13.2 Å². The van der Waals surface area contributed by atoms with Crippen molar-refractivity contribution in [3.63, 3.8) is 0 Å². The van der Waals surface area contributed by atoms with E-state index in [0.717, 1.165) is 24.1 Å². The molecule has 16 heavy (non-hydrogen) atoms. The van der Waals surface area contributed by atoms with Crippen LogP contribution < -0.4 is 0 Å². The van der Waals surface area contributed by atoms with Crippen LogP contribution in [0.15, 0.2) is 36.9 Å². The molecule has 0 amide bonds. The van der Waals surface area contributed by atoms with Crippen LogP contribution in [-0.2, 0) is 11.6 Å². The van der Waals surface area contributed by atoms with Gasteiger partial charge < -0.3 is 0 Å². The Morgan fingerprint density at radius 1 is 1.12 bits per heavy atom. The van der Waals surface area contributed by atoms with Gasteiger partial charge in [0, 0.05) is 5.41 Å². The van der Waals surface area contributed by atoms with Gasteiger partial charge in [0.05, 0.1) is 5.56 Å². The summed E-state index contributed by atoms with van der Waals surface area (Å²) in [5.41, 5.74) is -0.0128. The maximum absolute atomic E-state index is 12.4. The predicted octanol–water partition coefficient (Wildman–Crippen LogP) is 4.56. The second-order valence-electron chi connectivity index (χ2n) is 4.05. The summed E-state index contributed by atoms with van der Waals surface area (Å²) in [6.07, 6.45) is -1.69. The Morgan fingerprint density at radius 2 is 1.56 bits per heavy atom. The highest BCUT2D eigenvalue weighted by molar-refractivity contribution is 5.32. The summed E-state index contributed by atoms with van der Waals surface area (Å²) in [7, 11) is 0. The molecular formula is C13H15F3. The predicted molar refractivity (Wildman–Crippen MR) is 59.3 cm³/mol. The molecule has 1 rings (SSSR count). The lowest BCUT2D eigenvalue weighted by Gasteiger charge is -2.24. The fraction of sp³-hybridized carbons (Fsp3) is 0.385. The molecule has 0 saturated carbocycles. The molecule has 0 aliphatic carbocycles. The molecule has 3 heteroatoms. The number of benzene rings is 1. The molecule has 0 spiro atoms. The Kier molecular flexibility index (Phi) is 3.46. The quantitative estimate of drug-likeness (QED) is 0.665. The normalized spacial score (nSPS) is 15.6. The molecular weight excluding hydrogens is 213 g/mol. The molecule has 0 fully saturated rings. The van der Waals surface area contributed by atoms with Crippen LogP contribution in [0.4, 0.5) is 13.2 Å². The summed E-state index contributed by atoms with van der Waals surface area (Å²) in [5.74, 6) is 0. The van der Waals surface area contributed by atoms with E-state index in [-0.39, 0.29) is 5.41 Å². The summed E-state index contributed by atoms with van der Waals surface area (Å²) in [4.78, 5) is 0. The molecule has 1 aromatic rings. The van der Waals surface area contributed by atoms with Gasteiger partial charge in [-0.15, -0.1) is 6.58 Å². The number of rotatable bonds is 3. The van der Waals surface area contributed by atoms with E-state index in [1.807, 2.05) is 13.8 Å². The zero-order valence-corrected chi connectivity index (χ0v) is 9.43. The molecule has 0 heterocycles. The second-order valence-corrected chi connectivity index (χ2v) is 4.05. The SMILES string of the molecule is C=C[C@@](C)(CC)c1ccc(C(F)(F)F)cc1. The number of hydrogen-bond acceptors (Lipinski definition) is 0. The van der Waals surface area contributed by atoms with Crippen molar-refractivity contribution >= 4 is 0 Å². The Morgan fingerprint density at radius 3 is 1.88 bits per heavy atom. The van der Waals surface area contributed by atoms with Crippen LogP contribution in [0, 0.1) is 0 Å². The Labute approximate surface area is 93.8 Å². The van der Waals surface area contributed by atoms with Crippen LogP contribution in [0.5, 0.6) is 0 Å². The van der Waals surface area contributed by atoms with E-state index in [1.54, 1.807) is 6.08 Å². The maximum atomic E-state index is 12.4. The lowest BCUT2D eigenvalue weighted by Crippen LogP contribution is -2.17. The first kappa shape index (κ1) is 12.8. The first-order chi connectivity index (χ1) is 7.33. The molecule has 0 saturated heterocycles. The Bertz CT molecular complexity index is 362. The van der Waals surface area contributed by atoms with E-state index in [1.165, 1.54) is 12.1 Å². The monoisotopic (exact) mass is 228 g/mol. The number of halogens is 3. The average Bonchev–Trinajstić information content (AvgIpc) is 2.27. The zero-order chi connectivity index (χ0) is 12.4. The van der Waals surface area contributed by atoms with Crippen LogP contribution in [0.25, 0.3) is 0 Å². The first-order valence-corrected chi connectivity index (χ1v) is 5.15. The Hall–Kier alpha value is -1.25. The largest absolute Gasteiger partial charge is 0.416 e. The van der Waals surface area contributed by atoms with Crippen molar-refractivity contribution in [2.45, 2.75) is 31.9 Å². The zero-order valence-electron chi connectivity index (χ0n) is 9.43. The van der Waals surface area contributed by atoms with Crippen molar-refractivity contribution in [2.24, 2.45) is 0 Å². The van der Waals surface area contributed by atoms with Gasteiger partial charge in [0.2, 0.25) is 0 Å². The van der Waals surface area contributed by atoms with Crippen molar-refractivity contribution in [3.05, 3.63) is 48.0 Å². The minimum atomic E-state index is -4.27. The number of alkyl halides is 3. The molecule has 0 bridgehead atoms. The molecule has 0 aromatic heterocycles. The van der Waals surface area contributed by atoms with E-state index in [0.29, 0.717) is 0 Å². The molecule has 1 atom stereocenters. The van der Waals surface area contributed by atoms with Crippen LogP contribution in [0.2, 0.25) is 0 Å². The molecule has 0 aliphatic heterocycles. The van der Waals surface area contributed by atoms with Gasteiger partial charge in [-0.1, -0.05) is 32.1 Å². The van der Waals surface area contributed by atoms with Crippen LogP contribution in [0.1, 0.15) is 31.4 Å².